The molecule has 96 heavy (non-hydrogen) atoms. The minimum absolute atomic E-state index is 0.103. The normalized spacial score (nSPS) is 14.6. The predicted molar refractivity (Wildman–Crippen MR) is 391 cm³/mol. The summed E-state index contributed by atoms with van der Waals surface area (Å²) in [6.45, 7) is 9.61. The molecule has 4 unspecified atom stereocenters. The molecular weight excluding hydrogens is 1260 g/mol. The summed E-state index contributed by atoms with van der Waals surface area (Å²) in [5.41, 5.74) is 0. The monoisotopic (exact) mass is 1410 g/mol. The molecule has 3 N–H and O–H groups in total. The van der Waals surface area contributed by atoms with Crippen molar-refractivity contribution in [1.82, 2.24) is 0 Å². The molecule has 0 spiro atoms. The summed E-state index contributed by atoms with van der Waals surface area (Å²) in [6, 6.07) is 0. The van der Waals surface area contributed by atoms with Gasteiger partial charge in [-0.3, -0.25) is 37.3 Å². The lowest BCUT2D eigenvalue weighted by Gasteiger charge is -2.21. The highest BCUT2D eigenvalue weighted by atomic mass is 31.2. The van der Waals surface area contributed by atoms with Crippen LogP contribution in [-0.2, 0) is 65.4 Å². The van der Waals surface area contributed by atoms with Crippen LogP contribution in [0, 0.1) is 11.8 Å². The molecule has 0 aromatic rings. The molecule has 0 heterocycles. The smallest absolute Gasteiger partial charge is 0.462 e. The number of carbonyl (C=O) groups excluding carboxylic acids is 4. The highest BCUT2D eigenvalue weighted by molar-refractivity contribution is 7.47. The molecule has 0 aliphatic heterocycles. The van der Waals surface area contributed by atoms with Crippen LogP contribution in [0.2, 0.25) is 0 Å². The maximum atomic E-state index is 13.1. The van der Waals surface area contributed by atoms with Crippen molar-refractivity contribution in [1.29, 1.82) is 0 Å². The summed E-state index contributed by atoms with van der Waals surface area (Å²) in [6.07, 6.45) is 56.9. The lowest BCUT2D eigenvalue weighted by Crippen LogP contribution is -2.30. The first-order valence-corrected chi connectivity index (χ1v) is 43.1. The second-order valence-corrected chi connectivity index (χ2v) is 31.1. The van der Waals surface area contributed by atoms with Crippen molar-refractivity contribution in [3.63, 3.8) is 0 Å². The number of phosphoric acid groups is 2. The number of unbranched alkanes of at least 4 members (excludes halogenated alkanes) is 44. The van der Waals surface area contributed by atoms with Crippen LogP contribution in [0.25, 0.3) is 0 Å². The number of phosphoric ester groups is 2. The van der Waals surface area contributed by atoms with Crippen molar-refractivity contribution in [3.05, 3.63) is 0 Å². The summed E-state index contributed by atoms with van der Waals surface area (Å²) in [4.78, 5) is 72.8. The third-order valence-electron chi connectivity index (χ3n) is 18.7. The van der Waals surface area contributed by atoms with Crippen molar-refractivity contribution in [2.24, 2.45) is 11.8 Å². The van der Waals surface area contributed by atoms with E-state index >= 15 is 0 Å². The van der Waals surface area contributed by atoms with E-state index in [4.69, 9.17) is 37.0 Å². The number of aliphatic hydroxyl groups is 1. The number of hydrogen-bond donors (Lipinski definition) is 3. The predicted octanol–water partition coefficient (Wildman–Crippen LogP) is 22.7. The van der Waals surface area contributed by atoms with E-state index in [1.165, 1.54) is 218 Å². The van der Waals surface area contributed by atoms with Gasteiger partial charge in [0.2, 0.25) is 0 Å². The minimum atomic E-state index is -4.96. The zero-order chi connectivity index (χ0) is 70.7. The Morgan fingerprint density at radius 1 is 0.292 bits per heavy atom. The van der Waals surface area contributed by atoms with Crippen molar-refractivity contribution in [2.45, 2.75) is 419 Å². The van der Waals surface area contributed by atoms with E-state index in [1.807, 2.05) is 0 Å². The highest BCUT2D eigenvalue weighted by Gasteiger charge is 2.30. The second-order valence-electron chi connectivity index (χ2n) is 28.2. The van der Waals surface area contributed by atoms with Gasteiger partial charge in [-0.15, -0.1) is 0 Å². The molecule has 0 radical (unpaired) electrons. The van der Waals surface area contributed by atoms with Gasteiger partial charge in [-0.1, -0.05) is 350 Å². The quantitative estimate of drug-likeness (QED) is 0.0222. The summed E-state index contributed by atoms with van der Waals surface area (Å²) >= 11 is 0. The molecule has 0 aromatic heterocycles. The van der Waals surface area contributed by atoms with Crippen molar-refractivity contribution in [3.8, 4) is 0 Å². The highest BCUT2D eigenvalue weighted by Crippen LogP contribution is 2.45. The Hall–Kier alpha value is -1.94. The topological polar surface area (TPSA) is 237 Å². The van der Waals surface area contributed by atoms with E-state index < -0.39 is 97.5 Å². The standard InChI is InChI=1S/C77H150O17P2/c1-7-11-13-15-17-19-21-22-30-33-37-41-48-54-60-75(80)87-65-72(93-76(81)61-55-49-42-38-34-31-28-26-24-23-25-27-29-32-35-39-45-51-57-69(5)9-3)67-91-95(83,84)89-63-71(78)64-90-96(85,86)92-68-73(94-77(82)62-56-50-44-43-46-52-58-70(6)10-4)66-88-74(79)59-53-47-40-36-20-18-16-14-12-8-2/h69-73,78H,7-68H2,1-6H3,(H,83,84)(H,85,86)/t69?,70?,71-,72-,73-/m1/s1. The van der Waals surface area contributed by atoms with E-state index in [0.29, 0.717) is 25.7 Å². The zero-order valence-electron chi connectivity index (χ0n) is 62.7. The van der Waals surface area contributed by atoms with Crippen LogP contribution in [-0.4, -0.2) is 96.7 Å². The van der Waals surface area contributed by atoms with Crippen LogP contribution in [0.3, 0.4) is 0 Å². The molecule has 17 nitrogen and oxygen atoms in total. The molecule has 0 saturated carbocycles. The van der Waals surface area contributed by atoms with Crippen LogP contribution >= 0.6 is 15.6 Å². The molecule has 0 amide bonds. The molecule has 19 heteroatoms. The second kappa shape index (κ2) is 68.8. The summed E-state index contributed by atoms with van der Waals surface area (Å²) < 4.78 is 68.5. The fourth-order valence-corrected chi connectivity index (χ4v) is 13.3. The third kappa shape index (κ3) is 67.9. The van der Waals surface area contributed by atoms with E-state index in [2.05, 4.69) is 41.5 Å². The Morgan fingerprint density at radius 3 is 0.740 bits per heavy atom. The van der Waals surface area contributed by atoms with Crippen molar-refractivity contribution < 1.29 is 80.2 Å². The van der Waals surface area contributed by atoms with Gasteiger partial charge >= 0.3 is 39.5 Å². The number of aliphatic hydroxyl groups excluding tert-OH is 1. The van der Waals surface area contributed by atoms with Gasteiger partial charge < -0.3 is 33.8 Å². The average Bonchev–Trinajstić information content (AvgIpc) is 1.25. The summed E-state index contributed by atoms with van der Waals surface area (Å²) in [5, 5.41) is 10.6. The van der Waals surface area contributed by atoms with Crippen LogP contribution < -0.4 is 0 Å². The van der Waals surface area contributed by atoms with Gasteiger partial charge in [-0.05, 0) is 37.5 Å². The molecule has 0 fully saturated rings. The average molecular weight is 1410 g/mol. The number of hydrogen-bond acceptors (Lipinski definition) is 15. The van der Waals surface area contributed by atoms with Crippen LogP contribution in [0.1, 0.15) is 401 Å². The largest absolute Gasteiger partial charge is 0.472 e. The van der Waals surface area contributed by atoms with Crippen LogP contribution in [0.5, 0.6) is 0 Å². The summed E-state index contributed by atoms with van der Waals surface area (Å²) in [5.74, 6) is -0.526. The molecule has 0 bridgehead atoms. The maximum absolute atomic E-state index is 13.1. The lowest BCUT2D eigenvalue weighted by molar-refractivity contribution is -0.161. The zero-order valence-corrected chi connectivity index (χ0v) is 64.5. The Labute approximate surface area is 588 Å². The third-order valence-corrected chi connectivity index (χ3v) is 20.6. The van der Waals surface area contributed by atoms with Gasteiger partial charge in [0, 0.05) is 25.7 Å². The molecule has 0 aliphatic carbocycles. The van der Waals surface area contributed by atoms with Gasteiger partial charge in [0.1, 0.15) is 19.3 Å². The number of esters is 4. The van der Waals surface area contributed by atoms with Gasteiger partial charge in [-0.2, -0.15) is 0 Å². The molecule has 7 atom stereocenters. The number of rotatable bonds is 76. The fraction of sp³-hybridized carbons (Fsp3) is 0.948. The van der Waals surface area contributed by atoms with Gasteiger partial charge in [0.05, 0.1) is 26.4 Å². The molecule has 0 aromatic carbocycles. The van der Waals surface area contributed by atoms with Gasteiger partial charge in [-0.25, -0.2) is 9.13 Å². The van der Waals surface area contributed by atoms with E-state index in [9.17, 15) is 43.2 Å². The van der Waals surface area contributed by atoms with E-state index in [1.54, 1.807) is 0 Å². The van der Waals surface area contributed by atoms with Crippen molar-refractivity contribution >= 4 is 39.5 Å². The molecule has 0 rings (SSSR count). The molecule has 0 aliphatic rings. The fourth-order valence-electron chi connectivity index (χ4n) is 11.8. The molecule has 0 saturated heterocycles. The first-order valence-electron chi connectivity index (χ1n) is 40.1. The first kappa shape index (κ1) is 94.1. The van der Waals surface area contributed by atoms with Crippen LogP contribution in [0.15, 0.2) is 0 Å². The lowest BCUT2D eigenvalue weighted by atomic mass is 9.99. The van der Waals surface area contributed by atoms with Gasteiger partial charge in [0.15, 0.2) is 12.2 Å². The Balaban J connectivity index is 5.18. The number of ether oxygens (including phenoxy) is 4. The Kier molecular flexibility index (Phi) is 67.4. The molecule has 570 valence electrons. The van der Waals surface area contributed by atoms with E-state index in [-0.39, 0.29) is 25.7 Å². The Morgan fingerprint density at radius 2 is 0.500 bits per heavy atom. The van der Waals surface area contributed by atoms with Crippen molar-refractivity contribution in [2.75, 3.05) is 39.6 Å². The first-order chi connectivity index (χ1) is 46.4. The minimum Gasteiger partial charge on any atom is -0.462 e. The summed E-state index contributed by atoms with van der Waals surface area (Å²) in [7, 11) is -9.91. The SMILES string of the molecule is CCCCCCCCCCCCCCCCC(=O)OC[C@H](COP(=O)(O)OC[C@@H](O)COP(=O)(O)OC[C@@H](COC(=O)CCCCCCCCCCCC)OC(=O)CCCCCCCCC(C)CC)OC(=O)CCCCCCCCCCCCCCCCCCCCC(C)CC. The van der Waals surface area contributed by atoms with E-state index in [0.717, 1.165) is 102 Å². The molecular formula is C77H150O17P2. The number of carbonyl (C=O) groups is 4. The van der Waals surface area contributed by atoms with Gasteiger partial charge in [0.25, 0.3) is 0 Å². The van der Waals surface area contributed by atoms with Crippen LogP contribution in [0.4, 0.5) is 0 Å². The Bertz CT molecular complexity index is 1860. The maximum Gasteiger partial charge on any atom is 0.472 e.